The monoisotopic (exact) mass is 449 g/mol. The van der Waals surface area contributed by atoms with E-state index in [2.05, 4.69) is 46.4 Å². The number of aryl methyl sites for hydroxylation is 1. The van der Waals surface area contributed by atoms with Crippen LogP contribution in [0.2, 0.25) is 0 Å². The standard InChI is InChI=1S/C25H31N5O3/c1-16(2)17-6-8-19(9-7-17)32-12-10-18-14-22(28-26-18)23-15-30(11-13-33-23)25(31)24-20-4-3-5-21(20)27-29-24/h6-9,14,16,23H,3-5,10-13,15H2,1-2H3,(H,26,28)(H,27,29)/t23-/m0/s1. The number of nitrogens with zero attached hydrogens (tertiary/aromatic N) is 3. The molecule has 0 saturated carbocycles. The van der Waals surface area contributed by atoms with Crippen molar-refractivity contribution in [1.82, 2.24) is 25.3 Å². The van der Waals surface area contributed by atoms with E-state index in [9.17, 15) is 4.79 Å². The minimum absolute atomic E-state index is 0.0182. The van der Waals surface area contributed by atoms with Gasteiger partial charge in [0.05, 0.1) is 25.5 Å². The minimum atomic E-state index is -0.246. The molecule has 0 spiro atoms. The Labute approximate surface area is 193 Å². The summed E-state index contributed by atoms with van der Waals surface area (Å²) < 4.78 is 11.8. The fraction of sp³-hybridized carbons (Fsp3) is 0.480. The van der Waals surface area contributed by atoms with E-state index >= 15 is 0 Å². The molecule has 0 bridgehead atoms. The number of rotatable bonds is 7. The van der Waals surface area contributed by atoms with Crippen LogP contribution in [0.15, 0.2) is 30.3 Å². The molecule has 2 N–H and O–H groups in total. The van der Waals surface area contributed by atoms with Crippen molar-refractivity contribution >= 4 is 5.91 Å². The summed E-state index contributed by atoms with van der Waals surface area (Å²) in [6, 6.07) is 10.3. The normalized spacial score (nSPS) is 18.0. The molecule has 1 saturated heterocycles. The second-order valence-corrected chi connectivity index (χ2v) is 9.13. The van der Waals surface area contributed by atoms with Crippen molar-refractivity contribution in [3.8, 4) is 5.75 Å². The van der Waals surface area contributed by atoms with E-state index < -0.39 is 0 Å². The van der Waals surface area contributed by atoms with Gasteiger partial charge in [-0.05, 0) is 48.9 Å². The molecule has 1 fully saturated rings. The molecular formula is C25H31N5O3. The number of fused-ring (bicyclic) bond motifs is 1. The molecule has 33 heavy (non-hydrogen) atoms. The predicted molar refractivity (Wildman–Crippen MR) is 124 cm³/mol. The molecule has 1 atom stereocenters. The number of aromatic amines is 2. The first kappa shape index (κ1) is 21.7. The number of carbonyl (C=O) groups is 1. The van der Waals surface area contributed by atoms with Crippen LogP contribution in [-0.4, -0.2) is 57.5 Å². The van der Waals surface area contributed by atoms with Gasteiger partial charge in [0, 0.05) is 29.9 Å². The lowest BCUT2D eigenvalue weighted by Gasteiger charge is -2.31. The summed E-state index contributed by atoms with van der Waals surface area (Å²) in [6.07, 6.45) is 3.45. The zero-order valence-corrected chi connectivity index (χ0v) is 19.3. The Morgan fingerprint density at radius 2 is 2.06 bits per heavy atom. The number of morpholine rings is 1. The van der Waals surface area contributed by atoms with Crippen molar-refractivity contribution in [1.29, 1.82) is 0 Å². The molecule has 2 aromatic heterocycles. The molecule has 8 nitrogen and oxygen atoms in total. The van der Waals surface area contributed by atoms with Crippen LogP contribution >= 0.6 is 0 Å². The minimum Gasteiger partial charge on any atom is -0.493 e. The van der Waals surface area contributed by atoms with E-state index in [0.717, 1.165) is 47.7 Å². The summed E-state index contributed by atoms with van der Waals surface area (Å²) in [5.74, 6) is 1.36. The highest BCUT2D eigenvalue weighted by molar-refractivity contribution is 5.94. The molecule has 0 unspecified atom stereocenters. The van der Waals surface area contributed by atoms with Gasteiger partial charge in [0.2, 0.25) is 0 Å². The highest BCUT2D eigenvalue weighted by atomic mass is 16.5. The number of hydrogen-bond donors (Lipinski definition) is 2. The topological polar surface area (TPSA) is 96.1 Å². The van der Waals surface area contributed by atoms with E-state index in [4.69, 9.17) is 9.47 Å². The molecule has 0 radical (unpaired) electrons. The number of H-pyrrole nitrogens is 2. The highest BCUT2D eigenvalue weighted by Crippen LogP contribution is 2.27. The Morgan fingerprint density at radius 3 is 2.88 bits per heavy atom. The van der Waals surface area contributed by atoms with Crippen molar-refractivity contribution in [3.63, 3.8) is 0 Å². The molecule has 3 heterocycles. The zero-order chi connectivity index (χ0) is 22.8. The Bertz CT molecular complexity index is 1100. The van der Waals surface area contributed by atoms with Gasteiger partial charge in [0.25, 0.3) is 5.91 Å². The summed E-state index contributed by atoms with van der Waals surface area (Å²) >= 11 is 0. The van der Waals surface area contributed by atoms with Gasteiger partial charge in [-0.3, -0.25) is 15.0 Å². The summed E-state index contributed by atoms with van der Waals surface area (Å²) in [5.41, 5.74) is 5.88. The Hall–Kier alpha value is -3.13. The Kier molecular flexibility index (Phi) is 6.17. The van der Waals surface area contributed by atoms with Crippen LogP contribution in [0.4, 0.5) is 0 Å². The number of nitrogens with one attached hydrogen (secondary N) is 2. The number of hydrogen-bond acceptors (Lipinski definition) is 5. The average molecular weight is 450 g/mol. The van der Waals surface area contributed by atoms with E-state index in [-0.39, 0.29) is 12.0 Å². The van der Waals surface area contributed by atoms with Crippen LogP contribution < -0.4 is 4.74 Å². The number of aromatic nitrogens is 4. The number of amides is 1. The maximum Gasteiger partial charge on any atom is 0.274 e. The second kappa shape index (κ2) is 9.39. The van der Waals surface area contributed by atoms with Gasteiger partial charge in [-0.15, -0.1) is 0 Å². The quantitative estimate of drug-likeness (QED) is 0.575. The third-order valence-electron chi connectivity index (χ3n) is 6.53. The molecule has 1 amide bonds. The molecule has 8 heteroatoms. The average Bonchev–Trinajstić information content (AvgIpc) is 3.57. The molecule has 3 aromatic rings. The summed E-state index contributed by atoms with van der Waals surface area (Å²) in [6.45, 7) is 6.45. The van der Waals surface area contributed by atoms with E-state index in [1.54, 1.807) is 0 Å². The second-order valence-electron chi connectivity index (χ2n) is 9.13. The Morgan fingerprint density at radius 1 is 1.21 bits per heavy atom. The Balaban J connectivity index is 1.16. The maximum absolute atomic E-state index is 13.1. The van der Waals surface area contributed by atoms with E-state index in [1.807, 2.05) is 23.1 Å². The first-order chi connectivity index (χ1) is 16.1. The van der Waals surface area contributed by atoms with Gasteiger partial charge in [0.1, 0.15) is 11.9 Å². The van der Waals surface area contributed by atoms with Crippen molar-refractivity contribution in [3.05, 3.63) is 64.2 Å². The van der Waals surface area contributed by atoms with Gasteiger partial charge in [-0.2, -0.15) is 10.2 Å². The van der Waals surface area contributed by atoms with Gasteiger partial charge >= 0.3 is 0 Å². The molecular weight excluding hydrogens is 418 g/mol. The molecule has 2 aliphatic rings. The highest BCUT2D eigenvalue weighted by Gasteiger charge is 2.31. The van der Waals surface area contributed by atoms with Gasteiger partial charge in [0.15, 0.2) is 5.69 Å². The fourth-order valence-electron chi connectivity index (χ4n) is 4.56. The predicted octanol–water partition coefficient (Wildman–Crippen LogP) is 3.58. The van der Waals surface area contributed by atoms with Crippen LogP contribution in [0.5, 0.6) is 5.75 Å². The van der Waals surface area contributed by atoms with Crippen LogP contribution in [-0.2, 0) is 24.0 Å². The molecule has 174 valence electrons. The summed E-state index contributed by atoms with van der Waals surface area (Å²) in [7, 11) is 0. The van der Waals surface area contributed by atoms with Crippen molar-refractivity contribution in [2.45, 2.75) is 51.6 Å². The van der Waals surface area contributed by atoms with Crippen molar-refractivity contribution < 1.29 is 14.3 Å². The summed E-state index contributed by atoms with van der Waals surface area (Å²) in [4.78, 5) is 14.9. The fourth-order valence-corrected chi connectivity index (χ4v) is 4.56. The van der Waals surface area contributed by atoms with Crippen molar-refractivity contribution in [2.75, 3.05) is 26.3 Å². The van der Waals surface area contributed by atoms with Gasteiger partial charge in [-0.1, -0.05) is 26.0 Å². The number of benzene rings is 1. The van der Waals surface area contributed by atoms with E-state index in [0.29, 0.717) is 44.3 Å². The van der Waals surface area contributed by atoms with Crippen LogP contribution in [0.25, 0.3) is 0 Å². The largest absolute Gasteiger partial charge is 0.493 e. The number of ether oxygens (including phenoxy) is 2. The molecule has 5 rings (SSSR count). The summed E-state index contributed by atoms with van der Waals surface area (Å²) in [5, 5.41) is 14.9. The van der Waals surface area contributed by atoms with E-state index in [1.165, 1.54) is 5.56 Å². The van der Waals surface area contributed by atoms with Crippen LogP contribution in [0.3, 0.4) is 0 Å². The van der Waals surface area contributed by atoms with Crippen LogP contribution in [0, 0.1) is 0 Å². The lowest BCUT2D eigenvalue weighted by atomic mass is 10.0. The zero-order valence-electron chi connectivity index (χ0n) is 19.3. The first-order valence-electron chi connectivity index (χ1n) is 11.8. The third-order valence-corrected chi connectivity index (χ3v) is 6.53. The number of carbonyl (C=O) groups excluding carboxylic acids is 1. The van der Waals surface area contributed by atoms with Gasteiger partial charge in [-0.25, -0.2) is 0 Å². The molecule has 1 aliphatic carbocycles. The maximum atomic E-state index is 13.1. The first-order valence-corrected chi connectivity index (χ1v) is 11.8. The van der Waals surface area contributed by atoms with Crippen molar-refractivity contribution in [2.24, 2.45) is 0 Å². The lowest BCUT2D eigenvalue weighted by molar-refractivity contribution is -0.0249. The SMILES string of the molecule is CC(C)c1ccc(OCCc2cc([C@@H]3CN(C(=O)c4n[nH]c5c4CCC5)CCO3)n[nH]2)cc1. The third kappa shape index (κ3) is 4.66. The lowest BCUT2D eigenvalue weighted by Crippen LogP contribution is -2.42. The van der Waals surface area contributed by atoms with Gasteiger partial charge < -0.3 is 14.4 Å². The van der Waals surface area contributed by atoms with Crippen LogP contribution in [0.1, 0.15) is 71.0 Å². The smallest absolute Gasteiger partial charge is 0.274 e. The molecule has 1 aromatic carbocycles. The molecule has 1 aliphatic heterocycles.